The molecule has 0 aliphatic heterocycles. The lowest BCUT2D eigenvalue weighted by molar-refractivity contribution is -0.115. The molecule has 0 saturated carbocycles. The average molecular weight is 500 g/mol. The monoisotopic (exact) mass is 500 g/mol. The van der Waals surface area contributed by atoms with E-state index in [2.05, 4.69) is 43.0 Å². The van der Waals surface area contributed by atoms with Crippen LogP contribution >= 0.6 is 22.6 Å². The highest BCUT2D eigenvalue weighted by atomic mass is 127. The fourth-order valence-electron chi connectivity index (χ4n) is 2.84. The summed E-state index contributed by atoms with van der Waals surface area (Å²) in [4.78, 5) is 20.8. The SMILES string of the molecule is O=C(Cc1ccccc1I)Nc1onc(-c2ccc(F)cc2)c1-c1ccncn1. The number of nitrogens with zero attached hydrogens (tertiary/aromatic N) is 3. The van der Waals surface area contributed by atoms with Gasteiger partial charge < -0.3 is 4.52 Å². The Labute approximate surface area is 179 Å². The Balaban J connectivity index is 1.69. The van der Waals surface area contributed by atoms with Gasteiger partial charge in [0.15, 0.2) is 0 Å². The number of halogens is 2. The Morgan fingerprint density at radius 2 is 1.90 bits per heavy atom. The second-order valence-electron chi connectivity index (χ2n) is 6.15. The Morgan fingerprint density at radius 1 is 1.10 bits per heavy atom. The Morgan fingerprint density at radius 3 is 2.62 bits per heavy atom. The molecule has 0 aliphatic carbocycles. The molecule has 0 fully saturated rings. The van der Waals surface area contributed by atoms with Gasteiger partial charge in [-0.15, -0.1) is 0 Å². The number of nitrogens with one attached hydrogen (secondary N) is 1. The molecule has 0 aliphatic rings. The molecule has 0 atom stereocenters. The average Bonchev–Trinajstić information content (AvgIpc) is 3.14. The molecule has 144 valence electrons. The van der Waals surface area contributed by atoms with Gasteiger partial charge in [0.2, 0.25) is 11.8 Å². The minimum atomic E-state index is -0.355. The van der Waals surface area contributed by atoms with E-state index in [0.29, 0.717) is 22.5 Å². The van der Waals surface area contributed by atoms with E-state index in [1.165, 1.54) is 18.5 Å². The van der Waals surface area contributed by atoms with Gasteiger partial charge in [-0.2, -0.15) is 0 Å². The van der Waals surface area contributed by atoms with Gasteiger partial charge >= 0.3 is 0 Å². The van der Waals surface area contributed by atoms with Gasteiger partial charge in [0.1, 0.15) is 17.8 Å². The minimum absolute atomic E-state index is 0.180. The number of hydrogen-bond donors (Lipinski definition) is 1. The predicted molar refractivity (Wildman–Crippen MR) is 114 cm³/mol. The fourth-order valence-corrected chi connectivity index (χ4v) is 3.42. The van der Waals surface area contributed by atoms with E-state index >= 15 is 0 Å². The van der Waals surface area contributed by atoms with Crippen LogP contribution in [0.1, 0.15) is 5.56 Å². The molecule has 0 saturated heterocycles. The minimum Gasteiger partial charge on any atom is -0.337 e. The lowest BCUT2D eigenvalue weighted by atomic mass is 10.0. The second-order valence-corrected chi connectivity index (χ2v) is 7.32. The van der Waals surface area contributed by atoms with Crippen molar-refractivity contribution >= 4 is 34.4 Å². The molecule has 2 heterocycles. The van der Waals surface area contributed by atoms with Crippen molar-refractivity contribution in [2.75, 3.05) is 5.32 Å². The standard InChI is InChI=1S/C21H14FIN4O2/c22-15-7-5-13(6-8-15)20-19(17-9-10-24-12-25-17)21(29-27-20)26-18(28)11-14-3-1-2-4-16(14)23/h1-10,12H,11H2,(H,26,28). The van der Waals surface area contributed by atoms with E-state index in [-0.39, 0.29) is 24.0 Å². The maximum absolute atomic E-state index is 13.3. The molecular formula is C21H14FIN4O2. The van der Waals surface area contributed by atoms with Crippen LogP contribution < -0.4 is 5.32 Å². The summed E-state index contributed by atoms with van der Waals surface area (Å²) in [5.74, 6) is -0.419. The predicted octanol–water partition coefficient (Wildman–Crippen LogP) is 4.72. The zero-order chi connectivity index (χ0) is 20.2. The summed E-state index contributed by atoms with van der Waals surface area (Å²) in [5, 5.41) is 6.88. The molecule has 0 spiro atoms. The van der Waals surface area contributed by atoms with Crippen LogP contribution in [0, 0.1) is 9.39 Å². The number of aromatic nitrogens is 3. The van der Waals surface area contributed by atoms with E-state index in [1.54, 1.807) is 24.4 Å². The number of benzene rings is 2. The van der Waals surface area contributed by atoms with Gasteiger partial charge in [0.25, 0.3) is 0 Å². The molecule has 0 radical (unpaired) electrons. The summed E-state index contributed by atoms with van der Waals surface area (Å²) in [6, 6.07) is 15.2. The maximum Gasteiger partial charge on any atom is 0.241 e. The Bertz CT molecular complexity index is 1150. The largest absolute Gasteiger partial charge is 0.337 e. The summed E-state index contributed by atoms with van der Waals surface area (Å²) >= 11 is 2.19. The summed E-state index contributed by atoms with van der Waals surface area (Å²) in [6.07, 6.45) is 3.17. The van der Waals surface area contributed by atoms with Crippen LogP contribution in [-0.4, -0.2) is 21.0 Å². The van der Waals surface area contributed by atoms with Crippen molar-refractivity contribution in [3.05, 3.63) is 82.1 Å². The van der Waals surface area contributed by atoms with E-state index in [1.807, 2.05) is 24.3 Å². The highest BCUT2D eigenvalue weighted by molar-refractivity contribution is 14.1. The van der Waals surface area contributed by atoms with Crippen LogP contribution in [-0.2, 0) is 11.2 Å². The second kappa shape index (κ2) is 8.48. The van der Waals surface area contributed by atoms with E-state index in [4.69, 9.17) is 4.52 Å². The fraction of sp³-hybridized carbons (Fsp3) is 0.0476. The van der Waals surface area contributed by atoms with Crippen LogP contribution in [0.25, 0.3) is 22.5 Å². The van der Waals surface area contributed by atoms with Crippen molar-refractivity contribution in [3.8, 4) is 22.5 Å². The summed E-state index contributed by atoms with van der Waals surface area (Å²) in [7, 11) is 0. The van der Waals surface area contributed by atoms with Crippen LogP contribution in [0.4, 0.5) is 10.3 Å². The Kier molecular flexibility index (Phi) is 5.61. The first-order valence-corrected chi connectivity index (χ1v) is 9.75. The molecule has 2 aromatic carbocycles. The molecule has 1 amide bonds. The number of carbonyl (C=O) groups excluding carboxylic acids is 1. The molecule has 4 aromatic rings. The quantitative estimate of drug-likeness (QED) is 0.401. The van der Waals surface area contributed by atoms with Crippen LogP contribution in [0.5, 0.6) is 0 Å². The van der Waals surface area contributed by atoms with Crippen LogP contribution in [0.15, 0.2) is 71.6 Å². The molecule has 0 bridgehead atoms. The van der Waals surface area contributed by atoms with E-state index < -0.39 is 0 Å². The molecule has 8 heteroatoms. The van der Waals surface area contributed by atoms with Crippen molar-refractivity contribution < 1.29 is 13.7 Å². The van der Waals surface area contributed by atoms with Crippen molar-refractivity contribution in [2.24, 2.45) is 0 Å². The first-order valence-electron chi connectivity index (χ1n) is 8.67. The Hall–Kier alpha value is -3.14. The van der Waals surface area contributed by atoms with Crippen molar-refractivity contribution in [1.29, 1.82) is 0 Å². The van der Waals surface area contributed by atoms with E-state index in [0.717, 1.165) is 9.13 Å². The maximum atomic E-state index is 13.3. The summed E-state index contributed by atoms with van der Waals surface area (Å²) < 4.78 is 19.8. The van der Waals surface area contributed by atoms with Crippen molar-refractivity contribution in [1.82, 2.24) is 15.1 Å². The number of hydrogen-bond acceptors (Lipinski definition) is 5. The lowest BCUT2D eigenvalue weighted by Gasteiger charge is -2.07. The summed E-state index contributed by atoms with van der Waals surface area (Å²) in [5.41, 5.74) is 3.04. The zero-order valence-corrected chi connectivity index (χ0v) is 17.1. The number of rotatable bonds is 5. The summed E-state index contributed by atoms with van der Waals surface area (Å²) in [6.45, 7) is 0. The van der Waals surface area contributed by atoms with Gasteiger partial charge in [-0.25, -0.2) is 14.4 Å². The molecule has 0 unspecified atom stereocenters. The van der Waals surface area contributed by atoms with Crippen molar-refractivity contribution in [3.63, 3.8) is 0 Å². The van der Waals surface area contributed by atoms with Gasteiger partial charge in [-0.05, 0) is 64.6 Å². The van der Waals surface area contributed by atoms with Gasteiger partial charge in [0, 0.05) is 15.3 Å². The number of carbonyl (C=O) groups is 1. The topological polar surface area (TPSA) is 80.9 Å². The first kappa shape index (κ1) is 19.2. The number of amides is 1. The third-order valence-corrected chi connectivity index (χ3v) is 5.26. The normalized spacial score (nSPS) is 10.7. The molecule has 1 N–H and O–H groups in total. The molecule has 2 aromatic heterocycles. The zero-order valence-electron chi connectivity index (χ0n) is 15.0. The van der Waals surface area contributed by atoms with Gasteiger partial charge in [0.05, 0.1) is 17.7 Å². The molecule has 6 nitrogen and oxygen atoms in total. The van der Waals surface area contributed by atoms with Crippen LogP contribution in [0.2, 0.25) is 0 Å². The lowest BCUT2D eigenvalue weighted by Crippen LogP contribution is -2.15. The molecule has 29 heavy (non-hydrogen) atoms. The smallest absolute Gasteiger partial charge is 0.241 e. The first-order chi connectivity index (χ1) is 14.1. The van der Waals surface area contributed by atoms with Gasteiger partial charge in [-0.3, -0.25) is 10.1 Å². The van der Waals surface area contributed by atoms with E-state index in [9.17, 15) is 9.18 Å². The highest BCUT2D eigenvalue weighted by Crippen LogP contribution is 2.36. The number of anilines is 1. The molecule has 4 rings (SSSR count). The van der Waals surface area contributed by atoms with Crippen LogP contribution in [0.3, 0.4) is 0 Å². The van der Waals surface area contributed by atoms with Crippen molar-refractivity contribution in [2.45, 2.75) is 6.42 Å². The molecular weight excluding hydrogens is 486 g/mol. The highest BCUT2D eigenvalue weighted by Gasteiger charge is 2.22. The van der Waals surface area contributed by atoms with Gasteiger partial charge in [-0.1, -0.05) is 23.4 Å². The third-order valence-electron chi connectivity index (χ3n) is 4.21. The third kappa shape index (κ3) is 4.32.